The molecule has 0 aromatic heterocycles. The molecule has 5 N–H and O–H groups in total. The second-order valence-electron chi connectivity index (χ2n) is 2.75. The van der Waals surface area contributed by atoms with E-state index in [4.69, 9.17) is 12.3 Å². The van der Waals surface area contributed by atoms with E-state index in [0.717, 1.165) is 0 Å². The number of hydrogen-bond donors (Lipinski definition) is 4. The van der Waals surface area contributed by atoms with Crippen molar-refractivity contribution in [3.05, 3.63) is 0 Å². The van der Waals surface area contributed by atoms with E-state index in [-0.39, 0.29) is 0 Å². The van der Waals surface area contributed by atoms with E-state index in [9.17, 15) is 14.4 Å². The summed E-state index contributed by atoms with van der Waals surface area (Å²) in [6.07, 6.45) is -0.471. The van der Waals surface area contributed by atoms with Gasteiger partial charge >= 0.3 is 11.9 Å². The van der Waals surface area contributed by atoms with Crippen molar-refractivity contribution in [1.29, 1.82) is 1.43 Å². The van der Waals surface area contributed by atoms with Crippen LogP contribution in [0.2, 0.25) is 0 Å². The van der Waals surface area contributed by atoms with Gasteiger partial charge in [0.1, 0.15) is 6.04 Å². The minimum Gasteiger partial charge on any atom is -0.481 e. The Morgan fingerprint density at radius 2 is 2.14 bits per heavy atom. The van der Waals surface area contributed by atoms with E-state index in [1.54, 1.807) is 0 Å². The minimum atomic E-state index is -1.22. The van der Waals surface area contributed by atoms with Crippen LogP contribution in [0.4, 0.5) is 0 Å². The van der Waals surface area contributed by atoms with Crippen LogP contribution in [0.3, 0.4) is 0 Å². The summed E-state index contributed by atoms with van der Waals surface area (Å²) in [4.78, 5) is 32.1. The fourth-order valence-electron chi connectivity index (χ4n) is 0.654. The molecular weight excluding hydrogens is 192 g/mol. The van der Waals surface area contributed by atoms with Crippen LogP contribution in [0, 0.1) is 0 Å². The van der Waals surface area contributed by atoms with Crippen molar-refractivity contribution in [2.24, 2.45) is 5.73 Å². The van der Waals surface area contributed by atoms with Crippen molar-refractivity contribution < 1.29 is 24.6 Å². The lowest BCUT2D eigenvalue weighted by Gasteiger charge is -2.12. The van der Waals surface area contributed by atoms with Crippen LogP contribution < -0.4 is 11.1 Å². The van der Waals surface area contributed by atoms with Crippen molar-refractivity contribution in [3.8, 4) is 0 Å². The van der Waals surface area contributed by atoms with E-state index in [0.29, 0.717) is 0 Å². The topological polar surface area (TPSA) is 130 Å². The van der Waals surface area contributed by atoms with Crippen LogP contribution in [0.15, 0.2) is 0 Å². The second kappa shape index (κ2) is 5.18. The van der Waals surface area contributed by atoms with Gasteiger partial charge in [0.05, 0.1) is 12.5 Å². The molecule has 0 saturated heterocycles. The highest BCUT2D eigenvalue weighted by molar-refractivity contribution is 5.89. The normalized spacial score (nSPS) is 14.9. The molecule has 80 valence electrons. The first kappa shape index (κ1) is 10.5. The molecule has 0 fully saturated rings. The van der Waals surface area contributed by atoms with Crippen molar-refractivity contribution in [2.75, 3.05) is 0 Å². The molecule has 0 spiro atoms. The summed E-state index contributed by atoms with van der Waals surface area (Å²) in [5, 5.41) is 14.1. The Kier molecular flexibility index (Phi) is 3.86. The summed E-state index contributed by atoms with van der Waals surface area (Å²) in [5.41, 5.74) is 5.25. The smallest absolute Gasteiger partial charge is 0.325 e. The summed E-state index contributed by atoms with van der Waals surface area (Å²) in [7, 11) is 0. The number of carboxylic acids is 2. The highest BCUT2D eigenvalue weighted by Gasteiger charge is 2.21. The first-order valence-electron chi connectivity index (χ1n) is 4.24. The molecule has 0 aromatic carbocycles. The van der Waals surface area contributed by atoms with Crippen LogP contribution in [-0.2, 0) is 14.4 Å². The number of aliphatic carboxylic acids is 2. The monoisotopic (exact) mass is 205 g/mol. The molecule has 7 heteroatoms. The van der Waals surface area contributed by atoms with Crippen molar-refractivity contribution in [3.63, 3.8) is 0 Å². The molecule has 0 saturated carbocycles. The summed E-state index contributed by atoms with van der Waals surface area (Å²) >= 11 is 0. The lowest BCUT2D eigenvalue weighted by Crippen LogP contribution is -2.47. The van der Waals surface area contributed by atoms with Gasteiger partial charge in [-0.25, -0.2) is 0 Å². The van der Waals surface area contributed by atoms with Gasteiger partial charge in [-0.1, -0.05) is 0 Å². The number of rotatable bonds is 5. The largest absolute Gasteiger partial charge is 0.481 e. The minimum absolute atomic E-state index is 0.471. The molecule has 1 amide bonds. The van der Waals surface area contributed by atoms with Crippen LogP contribution in [0.25, 0.3) is 1.43 Å². The van der Waals surface area contributed by atoms with Gasteiger partial charge in [0, 0.05) is 0 Å². The quantitative estimate of drug-likeness (QED) is 0.426. The van der Waals surface area contributed by atoms with Gasteiger partial charge in [-0.15, -0.1) is 0 Å². The number of hydrogen-bond acceptors (Lipinski definition) is 5. The molecule has 0 radical (unpaired) electrons. The first-order chi connectivity index (χ1) is 6.88. The molecule has 0 bridgehead atoms. The summed E-state index contributed by atoms with van der Waals surface area (Å²) in [6, 6.07) is -2.31. The summed E-state index contributed by atoms with van der Waals surface area (Å²) < 4.78 is 6.22. The van der Waals surface area contributed by atoms with Gasteiger partial charge in [0.2, 0.25) is 5.91 Å². The van der Waals surface area contributed by atoms with E-state index >= 15 is 0 Å². The zero-order valence-electron chi connectivity index (χ0n) is 8.52. The van der Waals surface area contributed by atoms with Gasteiger partial charge in [-0.2, -0.15) is 0 Å². The predicted molar refractivity (Wildman–Crippen MR) is 45.5 cm³/mol. The summed E-state index contributed by atoms with van der Waals surface area (Å²) in [5.74, 6) is -2.95. The Hall–Kier alpha value is -1.63. The van der Waals surface area contributed by atoms with Crippen molar-refractivity contribution >= 4 is 17.8 Å². The number of carbonyl (C=O) groups is 3. The molecule has 0 aliphatic carbocycles. The third-order valence-corrected chi connectivity index (χ3v) is 1.45. The molecule has 0 aromatic rings. The third-order valence-electron chi connectivity index (χ3n) is 1.45. The van der Waals surface area contributed by atoms with Gasteiger partial charge in [-0.3, -0.25) is 14.4 Å². The molecule has 0 aliphatic heterocycles. The van der Waals surface area contributed by atoms with E-state index < -0.39 is 36.4 Å². The maximum absolute atomic E-state index is 11.1. The van der Waals surface area contributed by atoms with Crippen molar-refractivity contribution in [1.82, 2.24) is 5.32 Å². The molecule has 2 atom stereocenters. The van der Waals surface area contributed by atoms with Crippen LogP contribution >= 0.6 is 0 Å². The maximum Gasteiger partial charge on any atom is 0.325 e. The highest BCUT2D eigenvalue weighted by Crippen LogP contribution is 1.90. The molecule has 1 unspecified atom stereocenters. The molecule has 0 heterocycles. The fraction of sp³-hybridized carbons (Fsp3) is 0.571. The molecule has 14 heavy (non-hydrogen) atoms. The van der Waals surface area contributed by atoms with Crippen LogP contribution in [0.1, 0.15) is 13.3 Å². The molecule has 0 aliphatic rings. The number of carbonyl (C=O) groups excluding carboxylic acids is 1. The van der Waals surface area contributed by atoms with Gasteiger partial charge in [-0.05, 0) is 6.92 Å². The Bertz CT molecular complexity index is 270. The lowest BCUT2D eigenvalue weighted by molar-refractivity contribution is -0.142. The highest BCUT2D eigenvalue weighted by atomic mass is 16.4. The Morgan fingerprint density at radius 3 is 2.57 bits per heavy atom. The second-order valence-corrected chi connectivity index (χ2v) is 2.75. The van der Waals surface area contributed by atoms with E-state index in [1.165, 1.54) is 6.92 Å². The fourth-order valence-corrected chi connectivity index (χ4v) is 0.654. The van der Waals surface area contributed by atoms with Gasteiger partial charge in [0.15, 0.2) is 0 Å². The average Bonchev–Trinajstić information content (AvgIpc) is 2.16. The number of nitrogens with one attached hydrogen (secondary N) is 1. The van der Waals surface area contributed by atoms with E-state index in [1.807, 2.05) is 0 Å². The zero-order valence-corrected chi connectivity index (χ0v) is 7.52. The molecule has 0 rings (SSSR count). The standard InChI is InChI=1S/C7H12N2O5/c1-3(7(13)14)9-6(12)4(8)2-5(10)11/h3-4H,2,8H2,1H3,(H,9,12)(H,10,11)(H,13,14)/t3-,4?/m0/s1/i/hD. The zero-order chi connectivity index (χ0) is 12.0. The van der Waals surface area contributed by atoms with Crippen LogP contribution in [-0.4, -0.2) is 40.1 Å². The molecule has 7 nitrogen and oxygen atoms in total. The van der Waals surface area contributed by atoms with Gasteiger partial charge in [0.25, 0.3) is 1.43 Å². The number of nitrogens with two attached hydrogens (primary N) is 1. The van der Waals surface area contributed by atoms with E-state index in [2.05, 4.69) is 10.4 Å². The first-order valence-corrected chi connectivity index (χ1v) is 3.83. The third kappa shape index (κ3) is 4.41. The lowest BCUT2D eigenvalue weighted by atomic mass is 10.2. The van der Waals surface area contributed by atoms with Crippen molar-refractivity contribution in [2.45, 2.75) is 25.4 Å². The number of carboxylic acid groups (broad SMARTS) is 2. The number of amides is 1. The Balaban J connectivity index is 4.10. The maximum atomic E-state index is 11.1. The van der Waals surface area contributed by atoms with Crippen LogP contribution in [0.5, 0.6) is 0 Å². The Labute approximate surface area is 81.4 Å². The Morgan fingerprint density at radius 1 is 1.57 bits per heavy atom. The summed E-state index contributed by atoms with van der Waals surface area (Å²) in [6.45, 7) is 1.26. The SMILES string of the molecule is [2H]OC(=O)CC(N)C(=O)N[C@@H](C)C(=O)O. The van der Waals surface area contributed by atoms with Gasteiger partial charge < -0.3 is 21.3 Å². The molecular formula is C7H12N2O5. The predicted octanol–water partition coefficient (Wildman–Crippen LogP) is -1.62. The average molecular weight is 205 g/mol.